The van der Waals surface area contributed by atoms with Crippen molar-refractivity contribution < 1.29 is 31.8 Å². The number of halogens is 4. The van der Waals surface area contributed by atoms with Gasteiger partial charge in [-0.3, -0.25) is 0 Å². The molecule has 0 unspecified atom stereocenters. The van der Waals surface area contributed by atoms with Crippen molar-refractivity contribution in [2.24, 2.45) is 0 Å². The van der Waals surface area contributed by atoms with Crippen molar-refractivity contribution in [3.63, 3.8) is 0 Å². The van der Waals surface area contributed by atoms with Gasteiger partial charge in [0.05, 0.1) is 17.2 Å². The van der Waals surface area contributed by atoms with Crippen LogP contribution in [0.2, 0.25) is 0 Å². The first-order valence-electron chi connectivity index (χ1n) is 6.80. The van der Waals surface area contributed by atoms with Gasteiger partial charge in [-0.25, -0.2) is 14.2 Å². The second kappa shape index (κ2) is 7.61. The van der Waals surface area contributed by atoms with Crippen LogP contribution in [0.25, 0.3) is 0 Å². The molecule has 1 aromatic heterocycles. The van der Waals surface area contributed by atoms with Gasteiger partial charge in [0.1, 0.15) is 12.4 Å². The number of nitrogens with zero attached hydrogens (tertiary/aromatic N) is 2. The molecule has 0 bridgehead atoms. The number of rotatable bonds is 5. The summed E-state index contributed by atoms with van der Waals surface area (Å²) in [6.07, 6.45) is -3.52. The van der Waals surface area contributed by atoms with Crippen molar-refractivity contribution in [3.05, 3.63) is 59.0 Å². The molecule has 0 N–H and O–H groups in total. The number of ether oxygens (including phenoxy) is 2. The van der Waals surface area contributed by atoms with Crippen LogP contribution >= 0.6 is 0 Å². The van der Waals surface area contributed by atoms with Gasteiger partial charge in [0.15, 0.2) is 6.61 Å². The fourth-order valence-corrected chi connectivity index (χ4v) is 1.72. The summed E-state index contributed by atoms with van der Waals surface area (Å²) in [5.41, 5.74) is 0.182. The molecule has 5 nitrogen and oxygen atoms in total. The molecule has 0 aliphatic heterocycles. The van der Waals surface area contributed by atoms with Gasteiger partial charge < -0.3 is 9.47 Å². The Morgan fingerprint density at radius 1 is 1.24 bits per heavy atom. The summed E-state index contributed by atoms with van der Waals surface area (Å²) in [5.74, 6) is -1.79. The molecule has 0 aliphatic rings. The molecule has 2 aromatic rings. The minimum atomic E-state index is -4.50. The number of hydrogen-bond acceptors (Lipinski definition) is 5. The van der Waals surface area contributed by atoms with Gasteiger partial charge >= 0.3 is 12.1 Å². The van der Waals surface area contributed by atoms with Gasteiger partial charge in [0.25, 0.3) is 0 Å². The molecule has 9 heteroatoms. The number of pyridine rings is 1. The van der Waals surface area contributed by atoms with E-state index in [0.717, 1.165) is 18.3 Å². The number of aromatic nitrogens is 1. The third-order valence-electron chi connectivity index (χ3n) is 2.89. The maximum Gasteiger partial charge on any atom is 0.422 e. The van der Waals surface area contributed by atoms with Crippen molar-refractivity contribution >= 4 is 5.97 Å². The second-order valence-corrected chi connectivity index (χ2v) is 4.78. The number of nitriles is 1. The van der Waals surface area contributed by atoms with E-state index in [0.29, 0.717) is 0 Å². The lowest BCUT2D eigenvalue weighted by molar-refractivity contribution is -0.154. The molecule has 0 amide bonds. The number of carbonyl (C=O) groups excluding carboxylic acids is 1. The van der Waals surface area contributed by atoms with E-state index in [1.54, 1.807) is 0 Å². The van der Waals surface area contributed by atoms with Crippen LogP contribution in [0.4, 0.5) is 17.6 Å². The fraction of sp³-hybridized carbons (Fsp3) is 0.188. The molecule has 0 aliphatic carbocycles. The molecule has 0 spiro atoms. The zero-order valence-electron chi connectivity index (χ0n) is 12.5. The summed E-state index contributed by atoms with van der Waals surface area (Å²) < 4.78 is 58.9. The highest BCUT2D eigenvalue weighted by molar-refractivity contribution is 5.89. The lowest BCUT2D eigenvalue weighted by Crippen LogP contribution is -2.19. The van der Waals surface area contributed by atoms with E-state index in [2.05, 4.69) is 9.72 Å². The van der Waals surface area contributed by atoms with E-state index < -0.39 is 31.2 Å². The van der Waals surface area contributed by atoms with Crippen molar-refractivity contribution in [2.75, 3.05) is 6.61 Å². The average molecular weight is 354 g/mol. The highest BCUT2D eigenvalue weighted by Crippen LogP contribution is 2.17. The summed E-state index contributed by atoms with van der Waals surface area (Å²) in [7, 11) is 0. The lowest BCUT2D eigenvalue weighted by atomic mass is 10.1. The van der Waals surface area contributed by atoms with Crippen molar-refractivity contribution in [2.45, 2.75) is 12.8 Å². The fourth-order valence-electron chi connectivity index (χ4n) is 1.72. The van der Waals surface area contributed by atoms with Crippen molar-refractivity contribution in [3.8, 4) is 11.9 Å². The summed E-state index contributed by atoms with van der Waals surface area (Å²) in [6, 6.07) is 7.69. The van der Waals surface area contributed by atoms with E-state index in [1.165, 1.54) is 18.2 Å². The third kappa shape index (κ3) is 5.46. The molecule has 0 fully saturated rings. The molecular weight excluding hydrogens is 344 g/mol. The average Bonchev–Trinajstić information content (AvgIpc) is 2.59. The Morgan fingerprint density at radius 2 is 2.00 bits per heavy atom. The van der Waals surface area contributed by atoms with E-state index in [-0.39, 0.29) is 22.6 Å². The molecule has 1 heterocycles. The van der Waals surface area contributed by atoms with Crippen LogP contribution in [-0.4, -0.2) is 23.7 Å². The van der Waals surface area contributed by atoms with E-state index in [1.807, 2.05) is 6.07 Å². The predicted octanol–water partition coefficient (Wildman–Crippen LogP) is 3.39. The molecule has 130 valence electrons. The topological polar surface area (TPSA) is 72.2 Å². The summed E-state index contributed by atoms with van der Waals surface area (Å²) in [4.78, 5) is 15.4. The largest absolute Gasteiger partial charge is 0.468 e. The molecule has 25 heavy (non-hydrogen) atoms. The monoisotopic (exact) mass is 354 g/mol. The molecule has 0 saturated carbocycles. The number of carbonyl (C=O) groups is 1. The molecular formula is C16H10F4N2O3. The van der Waals surface area contributed by atoms with E-state index in [9.17, 15) is 22.4 Å². The van der Waals surface area contributed by atoms with Crippen LogP contribution in [0.3, 0.4) is 0 Å². The highest BCUT2D eigenvalue weighted by atomic mass is 19.4. The zero-order chi connectivity index (χ0) is 18.4. The Labute approximate surface area is 139 Å². The lowest BCUT2D eigenvalue weighted by Gasteiger charge is -2.09. The molecule has 2 rings (SSSR count). The highest BCUT2D eigenvalue weighted by Gasteiger charge is 2.28. The van der Waals surface area contributed by atoms with Gasteiger partial charge in [-0.05, 0) is 24.3 Å². The smallest absolute Gasteiger partial charge is 0.422 e. The van der Waals surface area contributed by atoms with Crippen molar-refractivity contribution in [1.82, 2.24) is 4.98 Å². The maximum absolute atomic E-state index is 13.6. The molecule has 0 atom stereocenters. The van der Waals surface area contributed by atoms with Crippen LogP contribution in [0.15, 0.2) is 36.5 Å². The predicted molar refractivity (Wildman–Crippen MR) is 76.0 cm³/mol. The maximum atomic E-state index is 13.6. The quantitative estimate of drug-likeness (QED) is 0.608. The zero-order valence-corrected chi connectivity index (χ0v) is 12.5. The summed E-state index contributed by atoms with van der Waals surface area (Å²) in [5, 5.41) is 8.76. The van der Waals surface area contributed by atoms with Crippen molar-refractivity contribution in [1.29, 1.82) is 5.26 Å². The number of esters is 1. The van der Waals surface area contributed by atoms with Crippen LogP contribution < -0.4 is 4.74 Å². The third-order valence-corrected chi connectivity index (χ3v) is 2.89. The van der Waals surface area contributed by atoms with Gasteiger partial charge in [-0.2, -0.15) is 18.4 Å². The minimum absolute atomic E-state index is 0.0190. The molecule has 0 saturated heterocycles. The first-order valence-corrected chi connectivity index (χ1v) is 6.80. The first-order chi connectivity index (χ1) is 11.8. The Morgan fingerprint density at radius 3 is 2.60 bits per heavy atom. The molecule has 0 radical (unpaired) electrons. The molecule has 1 aromatic carbocycles. The second-order valence-electron chi connectivity index (χ2n) is 4.78. The van der Waals surface area contributed by atoms with Gasteiger partial charge in [0.2, 0.25) is 5.88 Å². The van der Waals surface area contributed by atoms with E-state index in [4.69, 9.17) is 10.00 Å². The first kappa shape index (κ1) is 18.2. The minimum Gasteiger partial charge on any atom is -0.468 e. The number of alkyl halides is 3. The SMILES string of the molecule is N#Cc1ccc(F)c(COC(=O)c2ccc(OCC(F)(F)F)nc2)c1. The number of hydrogen-bond donors (Lipinski definition) is 0. The van der Waals surface area contributed by atoms with Crippen LogP contribution in [0.5, 0.6) is 5.88 Å². The van der Waals surface area contributed by atoms with E-state index >= 15 is 0 Å². The Hall–Kier alpha value is -3.15. The Bertz CT molecular complexity index is 799. The van der Waals surface area contributed by atoms with Crippen LogP contribution in [-0.2, 0) is 11.3 Å². The van der Waals surface area contributed by atoms with Gasteiger partial charge in [0, 0.05) is 17.8 Å². The Balaban J connectivity index is 1.96. The van der Waals surface area contributed by atoms with Crippen LogP contribution in [0, 0.1) is 17.1 Å². The normalized spacial score (nSPS) is 10.8. The van der Waals surface area contributed by atoms with Gasteiger partial charge in [-0.15, -0.1) is 0 Å². The van der Waals surface area contributed by atoms with Gasteiger partial charge in [-0.1, -0.05) is 0 Å². The Kier molecular flexibility index (Phi) is 5.54. The van der Waals surface area contributed by atoms with Crippen LogP contribution in [0.1, 0.15) is 21.5 Å². The summed E-state index contributed by atoms with van der Waals surface area (Å²) in [6.45, 7) is -1.91. The number of benzene rings is 1. The standard InChI is InChI=1S/C16H10F4N2O3/c17-13-3-1-10(6-21)5-12(13)8-24-15(23)11-2-4-14(22-7-11)25-9-16(18,19)20/h1-5,7H,8-9H2. The summed E-state index contributed by atoms with van der Waals surface area (Å²) >= 11 is 0.